The maximum Gasteiger partial charge on any atom is 0.323 e. The lowest BCUT2D eigenvalue weighted by atomic mass is 10.5. The molecule has 0 aromatic carbocycles. The van der Waals surface area contributed by atoms with Crippen LogP contribution in [0.3, 0.4) is 0 Å². The number of fused-ring (bicyclic) bond motifs is 1. The average molecular weight is 205 g/mol. The van der Waals surface area contributed by atoms with Gasteiger partial charge >= 0.3 is 6.03 Å². The van der Waals surface area contributed by atoms with Gasteiger partial charge in [0.15, 0.2) is 5.65 Å². The fourth-order valence-electron chi connectivity index (χ4n) is 1.13. The van der Waals surface area contributed by atoms with Crippen LogP contribution in [0.1, 0.15) is 0 Å². The first-order valence-corrected chi connectivity index (χ1v) is 4.46. The van der Waals surface area contributed by atoms with Crippen LogP contribution in [0.25, 0.3) is 5.65 Å². The van der Waals surface area contributed by atoms with Gasteiger partial charge in [0, 0.05) is 20.3 Å². The Balaban J connectivity index is 2.33. The second-order valence-electron chi connectivity index (χ2n) is 3.28. The number of urea groups is 1. The van der Waals surface area contributed by atoms with Gasteiger partial charge in [-0.2, -0.15) is 0 Å². The zero-order valence-corrected chi connectivity index (χ0v) is 8.51. The minimum absolute atomic E-state index is 0.229. The highest BCUT2D eigenvalue weighted by atomic mass is 16.2. The Morgan fingerprint density at radius 3 is 2.93 bits per heavy atom. The first-order valence-electron chi connectivity index (χ1n) is 4.46. The summed E-state index contributed by atoms with van der Waals surface area (Å²) >= 11 is 0. The molecule has 0 fully saturated rings. The van der Waals surface area contributed by atoms with Crippen LogP contribution in [0.2, 0.25) is 0 Å². The van der Waals surface area contributed by atoms with Gasteiger partial charge in [-0.1, -0.05) is 6.07 Å². The highest BCUT2D eigenvalue weighted by molar-refractivity contribution is 5.87. The minimum atomic E-state index is -0.229. The molecule has 2 aromatic rings. The van der Waals surface area contributed by atoms with E-state index in [2.05, 4.69) is 15.5 Å². The first kappa shape index (κ1) is 9.45. The van der Waals surface area contributed by atoms with Crippen LogP contribution in [0, 0.1) is 0 Å². The molecule has 0 aliphatic carbocycles. The lowest BCUT2D eigenvalue weighted by Crippen LogP contribution is -2.28. The highest BCUT2D eigenvalue weighted by Crippen LogP contribution is 2.07. The van der Waals surface area contributed by atoms with Crippen LogP contribution in [0.15, 0.2) is 24.4 Å². The minimum Gasteiger partial charge on any atom is -0.331 e. The Labute approximate surface area is 86.5 Å². The molecule has 0 bridgehead atoms. The van der Waals surface area contributed by atoms with Gasteiger partial charge in [0.1, 0.15) is 0 Å². The van der Waals surface area contributed by atoms with Crippen molar-refractivity contribution in [2.24, 2.45) is 0 Å². The Kier molecular flexibility index (Phi) is 2.24. The molecule has 0 spiro atoms. The summed E-state index contributed by atoms with van der Waals surface area (Å²) in [6.07, 6.45) is 1.79. The molecule has 2 rings (SSSR count). The predicted octanol–water partition coefficient (Wildman–Crippen LogP) is 0.823. The van der Waals surface area contributed by atoms with Crippen LogP contribution < -0.4 is 5.32 Å². The summed E-state index contributed by atoms with van der Waals surface area (Å²) in [4.78, 5) is 12.8. The summed E-state index contributed by atoms with van der Waals surface area (Å²) in [5.41, 5.74) is 0.701. The molecule has 2 aromatic heterocycles. The van der Waals surface area contributed by atoms with Crippen molar-refractivity contribution >= 4 is 17.6 Å². The third-order valence-electron chi connectivity index (χ3n) is 1.94. The molecule has 1 N–H and O–H groups in total. The molecule has 0 atom stereocenters. The van der Waals surface area contributed by atoms with Crippen molar-refractivity contribution in [3.05, 3.63) is 24.4 Å². The summed E-state index contributed by atoms with van der Waals surface area (Å²) in [6.45, 7) is 0. The fraction of sp³-hybridized carbons (Fsp3) is 0.222. The molecule has 0 radical (unpaired) electrons. The summed E-state index contributed by atoms with van der Waals surface area (Å²) in [5, 5.41) is 10.4. The SMILES string of the molecule is CN(C)C(=O)Nc1nnc2ccccn12. The molecule has 2 amide bonds. The van der Waals surface area contributed by atoms with E-state index in [0.717, 1.165) is 0 Å². The van der Waals surface area contributed by atoms with Crippen molar-refractivity contribution in [3.63, 3.8) is 0 Å². The number of hydrogen-bond acceptors (Lipinski definition) is 3. The summed E-state index contributed by atoms with van der Waals surface area (Å²) in [6, 6.07) is 5.30. The average Bonchev–Trinajstić information content (AvgIpc) is 2.62. The molecular formula is C9H11N5O. The maximum absolute atomic E-state index is 11.4. The van der Waals surface area contributed by atoms with Gasteiger partial charge in [0.2, 0.25) is 5.95 Å². The fourth-order valence-corrected chi connectivity index (χ4v) is 1.13. The van der Waals surface area contributed by atoms with E-state index in [1.165, 1.54) is 4.90 Å². The number of anilines is 1. The van der Waals surface area contributed by atoms with Crippen molar-refractivity contribution in [2.45, 2.75) is 0 Å². The number of nitrogens with zero attached hydrogens (tertiary/aromatic N) is 4. The number of pyridine rings is 1. The normalized spacial score (nSPS) is 10.3. The van der Waals surface area contributed by atoms with Gasteiger partial charge in [-0.3, -0.25) is 9.72 Å². The van der Waals surface area contributed by atoms with Gasteiger partial charge < -0.3 is 4.90 Å². The molecule has 6 nitrogen and oxygen atoms in total. The van der Waals surface area contributed by atoms with Gasteiger partial charge in [-0.25, -0.2) is 4.79 Å². The maximum atomic E-state index is 11.4. The molecule has 6 heteroatoms. The van der Waals surface area contributed by atoms with Crippen LogP contribution in [0.4, 0.5) is 10.7 Å². The van der Waals surface area contributed by atoms with Gasteiger partial charge in [0.25, 0.3) is 0 Å². The Morgan fingerprint density at radius 1 is 1.40 bits per heavy atom. The predicted molar refractivity (Wildman–Crippen MR) is 55.7 cm³/mol. The van der Waals surface area contributed by atoms with E-state index in [1.54, 1.807) is 24.7 Å². The van der Waals surface area contributed by atoms with E-state index in [1.807, 2.05) is 18.2 Å². The summed E-state index contributed by atoms with van der Waals surface area (Å²) in [7, 11) is 3.33. The van der Waals surface area contributed by atoms with E-state index in [4.69, 9.17) is 0 Å². The number of carbonyl (C=O) groups excluding carboxylic acids is 1. The number of amides is 2. The molecule has 0 aliphatic heterocycles. The van der Waals surface area contributed by atoms with E-state index < -0.39 is 0 Å². The molecule has 0 unspecified atom stereocenters. The van der Waals surface area contributed by atoms with E-state index in [0.29, 0.717) is 11.6 Å². The zero-order chi connectivity index (χ0) is 10.8. The lowest BCUT2D eigenvalue weighted by molar-refractivity contribution is 0.230. The first-order chi connectivity index (χ1) is 7.18. The molecule has 0 aliphatic rings. The largest absolute Gasteiger partial charge is 0.331 e. The van der Waals surface area contributed by atoms with Crippen LogP contribution in [0.5, 0.6) is 0 Å². The van der Waals surface area contributed by atoms with E-state index in [9.17, 15) is 4.79 Å². The van der Waals surface area contributed by atoms with Gasteiger partial charge in [-0.15, -0.1) is 10.2 Å². The van der Waals surface area contributed by atoms with Crippen molar-refractivity contribution in [1.29, 1.82) is 0 Å². The van der Waals surface area contributed by atoms with Crippen LogP contribution in [-0.4, -0.2) is 39.6 Å². The lowest BCUT2D eigenvalue weighted by Gasteiger charge is -2.09. The third kappa shape index (κ3) is 1.74. The Hall–Kier alpha value is -2.11. The summed E-state index contributed by atoms with van der Waals surface area (Å²) < 4.78 is 1.71. The third-order valence-corrected chi connectivity index (χ3v) is 1.94. The number of hydrogen-bond donors (Lipinski definition) is 1. The molecule has 0 saturated carbocycles. The number of carbonyl (C=O) groups is 1. The monoisotopic (exact) mass is 205 g/mol. The van der Waals surface area contributed by atoms with Crippen molar-refractivity contribution in [1.82, 2.24) is 19.5 Å². The number of nitrogens with one attached hydrogen (secondary N) is 1. The Bertz CT molecular complexity index is 490. The van der Waals surface area contributed by atoms with Crippen molar-refractivity contribution in [2.75, 3.05) is 19.4 Å². The molecule has 2 heterocycles. The second-order valence-corrected chi connectivity index (χ2v) is 3.28. The number of rotatable bonds is 1. The van der Waals surface area contributed by atoms with Crippen molar-refractivity contribution < 1.29 is 4.79 Å². The molecule has 15 heavy (non-hydrogen) atoms. The smallest absolute Gasteiger partial charge is 0.323 e. The number of aromatic nitrogens is 3. The summed E-state index contributed by atoms with van der Waals surface area (Å²) in [5.74, 6) is 0.421. The standard InChI is InChI=1S/C9H11N5O/c1-13(2)9(15)10-8-12-11-7-5-3-4-6-14(7)8/h3-6H,1-2H3,(H,10,12,15). The van der Waals surface area contributed by atoms with Crippen molar-refractivity contribution in [3.8, 4) is 0 Å². The topological polar surface area (TPSA) is 62.5 Å². The van der Waals surface area contributed by atoms with Gasteiger partial charge in [0.05, 0.1) is 0 Å². The molecular weight excluding hydrogens is 194 g/mol. The van der Waals surface area contributed by atoms with Crippen LogP contribution >= 0.6 is 0 Å². The second kappa shape index (κ2) is 3.56. The molecule has 0 saturated heterocycles. The van der Waals surface area contributed by atoms with E-state index >= 15 is 0 Å². The zero-order valence-electron chi connectivity index (χ0n) is 8.51. The van der Waals surface area contributed by atoms with E-state index in [-0.39, 0.29) is 6.03 Å². The van der Waals surface area contributed by atoms with Crippen LogP contribution in [-0.2, 0) is 0 Å². The van der Waals surface area contributed by atoms with Gasteiger partial charge in [-0.05, 0) is 12.1 Å². The highest BCUT2D eigenvalue weighted by Gasteiger charge is 2.09. The Morgan fingerprint density at radius 2 is 2.20 bits per heavy atom. The molecule has 78 valence electrons. The quantitative estimate of drug-likeness (QED) is 0.749.